The van der Waals surface area contributed by atoms with Crippen LogP contribution in [0.5, 0.6) is 5.75 Å². The van der Waals surface area contributed by atoms with Crippen molar-refractivity contribution in [3.8, 4) is 11.4 Å². The van der Waals surface area contributed by atoms with Crippen molar-refractivity contribution in [1.29, 1.82) is 0 Å². The highest BCUT2D eigenvalue weighted by atomic mass is 35.5. The van der Waals surface area contributed by atoms with Crippen molar-refractivity contribution in [3.05, 3.63) is 53.3 Å². The maximum absolute atomic E-state index is 6.29. The molecule has 3 rings (SSSR count). The first-order chi connectivity index (χ1) is 10.1. The van der Waals surface area contributed by atoms with Gasteiger partial charge in [0.25, 0.3) is 0 Å². The summed E-state index contributed by atoms with van der Waals surface area (Å²) in [5, 5.41) is 0.490. The summed E-state index contributed by atoms with van der Waals surface area (Å²) >= 11 is 12.3. The summed E-state index contributed by atoms with van der Waals surface area (Å²) in [6, 6.07) is 13.4. The molecule has 0 spiro atoms. The van der Waals surface area contributed by atoms with E-state index in [0.29, 0.717) is 5.02 Å². The van der Waals surface area contributed by atoms with E-state index in [2.05, 4.69) is 4.98 Å². The molecular formula is C16H14Cl2N2O. The van der Waals surface area contributed by atoms with Gasteiger partial charge in [-0.25, -0.2) is 4.98 Å². The van der Waals surface area contributed by atoms with E-state index in [0.717, 1.165) is 28.3 Å². The molecule has 0 fully saturated rings. The fourth-order valence-corrected chi connectivity index (χ4v) is 2.61. The number of ether oxygens (including phenoxy) is 1. The average molecular weight is 321 g/mol. The van der Waals surface area contributed by atoms with Crippen LogP contribution in [-0.2, 0) is 0 Å². The molecule has 0 aliphatic carbocycles. The number of hydrogen-bond acceptors (Lipinski definition) is 2. The summed E-state index contributed by atoms with van der Waals surface area (Å²) in [6.07, 6.45) is 0. The van der Waals surface area contributed by atoms with E-state index in [1.807, 2.05) is 54.0 Å². The number of benzene rings is 2. The maximum Gasteiger partial charge on any atom is 0.132 e. The van der Waals surface area contributed by atoms with Crippen molar-refractivity contribution in [2.24, 2.45) is 0 Å². The number of hydrogen-bond donors (Lipinski definition) is 0. The minimum Gasteiger partial charge on any atom is -0.497 e. The summed E-state index contributed by atoms with van der Waals surface area (Å²) in [6.45, 7) is 1.91. The lowest BCUT2D eigenvalue weighted by atomic mass is 10.2. The highest BCUT2D eigenvalue weighted by Gasteiger charge is 2.16. The molecule has 21 heavy (non-hydrogen) atoms. The molecule has 1 atom stereocenters. The summed E-state index contributed by atoms with van der Waals surface area (Å²) in [5.41, 5.74) is 2.82. The van der Waals surface area contributed by atoms with E-state index in [9.17, 15) is 0 Å². The quantitative estimate of drug-likeness (QED) is 0.636. The number of nitrogens with zero attached hydrogens (tertiary/aromatic N) is 2. The predicted octanol–water partition coefficient (Wildman–Crippen LogP) is 4.99. The second kappa shape index (κ2) is 5.58. The number of methoxy groups -OCH3 is 1. The number of imidazole rings is 1. The molecule has 0 saturated carbocycles. The van der Waals surface area contributed by atoms with Gasteiger partial charge in [-0.15, -0.1) is 11.6 Å². The van der Waals surface area contributed by atoms with Crippen molar-refractivity contribution in [3.63, 3.8) is 0 Å². The van der Waals surface area contributed by atoms with E-state index in [1.165, 1.54) is 0 Å². The van der Waals surface area contributed by atoms with Crippen molar-refractivity contribution in [2.75, 3.05) is 7.11 Å². The minimum atomic E-state index is -0.209. The molecule has 0 bridgehead atoms. The third-order valence-electron chi connectivity index (χ3n) is 3.33. The molecular weight excluding hydrogens is 307 g/mol. The third-order valence-corrected chi connectivity index (χ3v) is 3.78. The van der Waals surface area contributed by atoms with Crippen LogP contribution in [0, 0.1) is 0 Å². The normalized spacial score (nSPS) is 12.6. The second-order valence-electron chi connectivity index (χ2n) is 4.75. The molecule has 0 aliphatic rings. The molecule has 108 valence electrons. The topological polar surface area (TPSA) is 27.1 Å². The van der Waals surface area contributed by atoms with E-state index in [-0.39, 0.29) is 5.38 Å². The Labute approximate surface area is 133 Å². The van der Waals surface area contributed by atoms with Gasteiger partial charge in [0.15, 0.2) is 0 Å². The van der Waals surface area contributed by atoms with Crippen molar-refractivity contribution < 1.29 is 4.74 Å². The first-order valence-electron chi connectivity index (χ1n) is 6.56. The van der Waals surface area contributed by atoms with E-state index < -0.39 is 0 Å². The smallest absolute Gasteiger partial charge is 0.132 e. The first-order valence-corrected chi connectivity index (χ1v) is 7.38. The molecule has 0 aliphatic heterocycles. The number of rotatable bonds is 3. The number of halogens is 2. The fourth-order valence-electron chi connectivity index (χ4n) is 2.33. The zero-order valence-electron chi connectivity index (χ0n) is 11.7. The number of aromatic nitrogens is 2. The maximum atomic E-state index is 6.29. The Morgan fingerprint density at radius 2 is 1.86 bits per heavy atom. The summed E-state index contributed by atoms with van der Waals surface area (Å²) in [7, 11) is 1.64. The molecule has 0 N–H and O–H groups in total. The Balaban J connectivity index is 2.28. The highest BCUT2D eigenvalue weighted by Crippen LogP contribution is 2.30. The van der Waals surface area contributed by atoms with Crippen molar-refractivity contribution >= 4 is 34.2 Å². The Bertz CT molecular complexity index is 779. The minimum absolute atomic E-state index is 0.209. The Hall–Kier alpha value is -1.71. The van der Waals surface area contributed by atoms with Crippen LogP contribution in [0.25, 0.3) is 16.7 Å². The monoisotopic (exact) mass is 320 g/mol. The van der Waals surface area contributed by atoms with Crippen molar-refractivity contribution in [2.45, 2.75) is 12.3 Å². The van der Waals surface area contributed by atoms with Gasteiger partial charge in [-0.3, -0.25) is 4.57 Å². The lowest BCUT2D eigenvalue weighted by molar-refractivity contribution is 0.415. The molecule has 3 nitrogen and oxygen atoms in total. The Morgan fingerprint density at radius 3 is 2.48 bits per heavy atom. The van der Waals surface area contributed by atoms with Crippen LogP contribution in [0.3, 0.4) is 0 Å². The third kappa shape index (κ3) is 2.59. The lowest BCUT2D eigenvalue weighted by Crippen LogP contribution is -2.01. The Morgan fingerprint density at radius 1 is 1.14 bits per heavy atom. The summed E-state index contributed by atoms with van der Waals surface area (Å²) in [4.78, 5) is 4.64. The van der Waals surface area contributed by atoms with Gasteiger partial charge in [-0.05, 0) is 43.3 Å². The molecule has 0 radical (unpaired) electrons. The zero-order chi connectivity index (χ0) is 15.0. The van der Waals surface area contributed by atoms with Gasteiger partial charge >= 0.3 is 0 Å². The van der Waals surface area contributed by atoms with Gasteiger partial charge in [0.1, 0.15) is 11.6 Å². The van der Waals surface area contributed by atoms with Gasteiger partial charge in [0, 0.05) is 16.8 Å². The van der Waals surface area contributed by atoms with Gasteiger partial charge in [0.05, 0.1) is 23.5 Å². The molecule has 3 aromatic rings. The molecule has 1 aromatic heterocycles. The van der Waals surface area contributed by atoms with Crippen LogP contribution in [0.4, 0.5) is 0 Å². The second-order valence-corrected chi connectivity index (χ2v) is 5.84. The first kappa shape index (κ1) is 14.2. The van der Waals surface area contributed by atoms with Crippen LogP contribution in [-0.4, -0.2) is 16.7 Å². The molecule has 5 heteroatoms. The summed E-state index contributed by atoms with van der Waals surface area (Å²) in [5.74, 6) is 1.57. The number of fused-ring (bicyclic) bond motifs is 1. The van der Waals surface area contributed by atoms with Gasteiger partial charge in [0.2, 0.25) is 0 Å². The van der Waals surface area contributed by atoms with Crippen LogP contribution < -0.4 is 4.74 Å². The van der Waals surface area contributed by atoms with E-state index >= 15 is 0 Å². The van der Waals surface area contributed by atoms with Crippen LogP contribution in [0.1, 0.15) is 18.1 Å². The Kier molecular flexibility index (Phi) is 3.79. The summed E-state index contributed by atoms with van der Waals surface area (Å²) < 4.78 is 7.30. The molecule has 1 heterocycles. The van der Waals surface area contributed by atoms with Crippen LogP contribution in [0.15, 0.2) is 42.5 Å². The van der Waals surface area contributed by atoms with Crippen molar-refractivity contribution in [1.82, 2.24) is 9.55 Å². The molecule has 1 unspecified atom stereocenters. The molecule has 2 aromatic carbocycles. The SMILES string of the molecule is COc1ccc2c(c1)nc(C(C)Cl)n2-c1ccc(Cl)cc1. The van der Waals surface area contributed by atoms with Gasteiger partial charge in [-0.1, -0.05) is 11.6 Å². The van der Waals surface area contributed by atoms with Gasteiger partial charge < -0.3 is 4.74 Å². The lowest BCUT2D eigenvalue weighted by Gasteiger charge is -2.10. The van der Waals surface area contributed by atoms with E-state index in [4.69, 9.17) is 27.9 Å². The largest absolute Gasteiger partial charge is 0.497 e. The molecule has 0 saturated heterocycles. The zero-order valence-corrected chi connectivity index (χ0v) is 13.2. The number of alkyl halides is 1. The fraction of sp³-hybridized carbons (Fsp3) is 0.188. The highest BCUT2D eigenvalue weighted by molar-refractivity contribution is 6.30. The average Bonchev–Trinajstić information content (AvgIpc) is 2.86. The van der Waals surface area contributed by atoms with Crippen LogP contribution >= 0.6 is 23.2 Å². The predicted molar refractivity (Wildman–Crippen MR) is 86.9 cm³/mol. The van der Waals surface area contributed by atoms with E-state index in [1.54, 1.807) is 7.11 Å². The van der Waals surface area contributed by atoms with Crippen LogP contribution in [0.2, 0.25) is 5.02 Å². The molecule has 0 amide bonds. The van der Waals surface area contributed by atoms with Gasteiger partial charge in [-0.2, -0.15) is 0 Å². The standard InChI is InChI=1S/C16H14Cl2N2O/c1-10(17)16-19-14-9-13(21-2)7-8-15(14)20(16)12-5-3-11(18)4-6-12/h3-10H,1-2H3.